The minimum absolute atomic E-state index is 1.18. The number of nitrogens with zero attached hydrogens (tertiary/aromatic N) is 2. The molecule has 0 saturated heterocycles. The summed E-state index contributed by atoms with van der Waals surface area (Å²) in [5.41, 5.74) is 0. The summed E-state index contributed by atoms with van der Waals surface area (Å²) >= 11 is 0. The molecule has 0 bridgehead atoms. The van der Waals surface area contributed by atoms with Crippen molar-refractivity contribution in [3.63, 3.8) is 0 Å². The molecule has 0 aliphatic heterocycles. The average Bonchev–Trinajstić information content (AvgIpc) is 3.10. The number of rotatable bonds is 19. The van der Waals surface area contributed by atoms with Crippen LogP contribution < -0.4 is 4.57 Å². The molecule has 1 aromatic rings. The molecule has 0 aromatic carbocycles. The van der Waals surface area contributed by atoms with Gasteiger partial charge in [0.1, 0.15) is 12.4 Å². The van der Waals surface area contributed by atoms with Crippen LogP contribution in [0.3, 0.4) is 0 Å². The maximum absolute atomic E-state index is 2.37. The van der Waals surface area contributed by atoms with Gasteiger partial charge in [0, 0.05) is 0 Å². The lowest BCUT2D eigenvalue weighted by atomic mass is 10.0. The molecule has 0 spiro atoms. The van der Waals surface area contributed by atoms with Crippen LogP contribution in [0.15, 0.2) is 18.7 Å². The van der Waals surface area contributed by atoms with Crippen molar-refractivity contribution in [1.29, 1.82) is 0 Å². The lowest BCUT2D eigenvalue weighted by Crippen LogP contribution is -2.30. The largest absolute Gasteiger partial charge is 0.243 e. The molecule has 1 rings (SSSR count). The summed E-state index contributed by atoms with van der Waals surface area (Å²) < 4.78 is 4.71. The molecular weight excluding hydrogens is 316 g/mol. The fraction of sp³-hybridized carbons (Fsp3) is 0.875. The molecule has 2 nitrogen and oxygen atoms in total. The van der Waals surface area contributed by atoms with Gasteiger partial charge in [0.25, 0.3) is 0 Å². The van der Waals surface area contributed by atoms with Gasteiger partial charge < -0.3 is 0 Å². The first-order chi connectivity index (χ1) is 12.9. The lowest BCUT2D eigenvalue weighted by Gasteiger charge is -2.03. The van der Waals surface area contributed by atoms with Gasteiger partial charge in [0.15, 0.2) is 0 Å². The minimum Gasteiger partial charge on any atom is -0.237 e. The predicted molar refractivity (Wildman–Crippen MR) is 114 cm³/mol. The summed E-state index contributed by atoms with van der Waals surface area (Å²) in [4.78, 5) is 0. The van der Waals surface area contributed by atoms with E-state index in [9.17, 15) is 0 Å². The molecule has 26 heavy (non-hydrogen) atoms. The summed E-state index contributed by atoms with van der Waals surface area (Å²) in [6, 6.07) is 0. The highest BCUT2D eigenvalue weighted by atomic mass is 15.1. The van der Waals surface area contributed by atoms with E-state index in [1.54, 1.807) is 0 Å². The second-order valence-electron chi connectivity index (χ2n) is 8.19. The summed E-state index contributed by atoms with van der Waals surface area (Å²) in [5.74, 6) is 0. The molecule has 1 heterocycles. The van der Waals surface area contributed by atoms with Gasteiger partial charge in [-0.3, -0.25) is 0 Å². The molecule has 0 amide bonds. The monoisotopic (exact) mass is 363 g/mol. The smallest absolute Gasteiger partial charge is 0.237 e. The molecule has 0 aliphatic rings. The third-order valence-corrected chi connectivity index (χ3v) is 5.54. The average molecular weight is 364 g/mol. The maximum Gasteiger partial charge on any atom is 0.243 e. The standard InChI is InChI=1S/C24H47N2/c1-3-5-7-8-9-10-11-12-13-14-15-16-17-19-21-26-23-22-25(24-26)20-18-6-4-2/h22-24H,3-21H2,1-2H3/q+1. The molecule has 0 aliphatic carbocycles. The first-order valence-corrected chi connectivity index (χ1v) is 11.9. The van der Waals surface area contributed by atoms with E-state index in [-0.39, 0.29) is 0 Å². The quantitative estimate of drug-likeness (QED) is 0.178. The normalized spacial score (nSPS) is 11.3. The molecule has 0 atom stereocenters. The first-order valence-electron chi connectivity index (χ1n) is 11.9. The Morgan fingerprint density at radius 1 is 0.577 bits per heavy atom. The van der Waals surface area contributed by atoms with Crippen molar-refractivity contribution in [2.45, 2.75) is 136 Å². The fourth-order valence-electron chi connectivity index (χ4n) is 3.74. The Bertz CT molecular complexity index is 397. The van der Waals surface area contributed by atoms with Crippen LogP contribution in [-0.2, 0) is 13.1 Å². The van der Waals surface area contributed by atoms with Crippen LogP contribution in [-0.4, -0.2) is 4.57 Å². The number of hydrogen-bond acceptors (Lipinski definition) is 0. The topological polar surface area (TPSA) is 8.81 Å². The van der Waals surface area contributed by atoms with Crippen molar-refractivity contribution in [2.24, 2.45) is 0 Å². The van der Waals surface area contributed by atoms with E-state index in [0.717, 1.165) is 0 Å². The van der Waals surface area contributed by atoms with Gasteiger partial charge in [-0.15, -0.1) is 0 Å². The molecule has 152 valence electrons. The van der Waals surface area contributed by atoms with Gasteiger partial charge >= 0.3 is 0 Å². The van der Waals surface area contributed by atoms with E-state index in [4.69, 9.17) is 0 Å². The van der Waals surface area contributed by atoms with Crippen molar-refractivity contribution >= 4 is 0 Å². The van der Waals surface area contributed by atoms with Crippen LogP contribution in [0.1, 0.15) is 123 Å². The zero-order chi connectivity index (χ0) is 18.7. The Morgan fingerprint density at radius 2 is 1.04 bits per heavy atom. The van der Waals surface area contributed by atoms with E-state index in [1.165, 1.54) is 122 Å². The molecule has 0 fully saturated rings. The van der Waals surface area contributed by atoms with Gasteiger partial charge in [-0.25, -0.2) is 9.13 Å². The van der Waals surface area contributed by atoms with Gasteiger partial charge in [0.2, 0.25) is 6.33 Å². The number of unbranched alkanes of at least 4 members (excludes halogenated alkanes) is 15. The number of aryl methyl sites for hydroxylation is 2. The molecule has 0 saturated carbocycles. The Balaban J connectivity index is 1.82. The van der Waals surface area contributed by atoms with Crippen LogP contribution in [0.4, 0.5) is 0 Å². The second-order valence-corrected chi connectivity index (χ2v) is 8.19. The van der Waals surface area contributed by atoms with Crippen LogP contribution >= 0.6 is 0 Å². The van der Waals surface area contributed by atoms with Crippen LogP contribution in [0.25, 0.3) is 0 Å². The summed E-state index contributed by atoms with van der Waals surface area (Å²) in [5, 5.41) is 0. The van der Waals surface area contributed by atoms with Gasteiger partial charge in [-0.2, -0.15) is 0 Å². The molecule has 0 unspecified atom stereocenters. The fourth-order valence-corrected chi connectivity index (χ4v) is 3.74. The maximum atomic E-state index is 2.37. The highest BCUT2D eigenvalue weighted by molar-refractivity contribution is 4.66. The zero-order valence-corrected chi connectivity index (χ0v) is 18.1. The number of aromatic nitrogens is 2. The third-order valence-electron chi connectivity index (χ3n) is 5.54. The highest BCUT2D eigenvalue weighted by Gasteiger charge is 2.03. The minimum atomic E-state index is 1.18. The molecule has 0 N–H and O–H groups in total. The predicted octanol–water partition coefficient (Wildman–Crippen LogP) is 7.45. The van der Waals surface area contributed by atoms with E-state index in [2.05, 4.69) is 41.7 Å². The van der Waals surface area contributed by atoms with Crippen LogP contribution in [0, 0.1) is 0 Å². The van der Waals surface area contributed by atoms with Crippen molar-refractivity contribution in [2.75, 3.05) is 0 Å². The molecule has 2 heteroatoms. The number of hydrogen-bond donors (Lipinski definition) is 0. The summed E-state index contributed by atoms with van der Waals surface area (Å²) in [6.45, 7) is 6.94. The molecule has 1 aromatic heterocycles. The van der Waals surface area contributed by atoms with Gasteiger partial charge in [-0.1, -0.05) is 97.3 Å². The van der Waals surface area contributed by atoms with E-state index < -0.39 is 0 Å². The Hall–Kier alpha value is -0.790. The van der Waals surface area contributed by atoms with E-state index in [0.29, 0.717) is 0 Å². The Kier molecular flexibility index (Phi) is 15.8. The Labute approximate surface area is 164 Å². The van der Waals surface area contributed by atoms with E-state index >= 15 is 0 Å². The van der Waals surface area contributed by atoms with Crippen molar-refractivity contribution in [3.05, 3.63) is 18.7 Å². The van der Waals surface area contributed by atoms with Crippen LogP contribution in [0.2, 0.25) is 0 Å². The van der Waals surface area contributed by atoms with Crippen molar-refractivity contribution in [3.8, 4) is 0 Å². The summed E-state index contributed by atoms with van der Waals surface area (Å²) in [7, 11) is 0. The van der Waals surface area contributed by atoms with Crippen molar-refractivity contribution < 1.29 is 4.57 Å². The highest BCUT2D eigenvalue weighted by Crippen LogP contribution is 2.13. The van der Waals surface area contributed by atoms with Gasteiger partial charge in [-0.05, 0) is 25.7 Å². The summed E-state index contributed by atoms with van der Waals surface area (Å²) in [6.07, 6.45) is 30.8. The lowest BCUT2D eigenvalue weighted by molar-refractivity contribution is -0.696. The SMILES string of the molecule is CCCCCCCCCCCCCCCCn1cc[n+](CCCCC)c1. The third kappa shape index (κ3) is 13.4. The Morgan fingerprint density at radius 3 is 1.58 bits per heavy atom. The van der Waals surface area contributed by atoms with Gasteiger partial charge in [0.05, 0.1) is 13.1 Å². The first kappa shape index (κ1) is 23.2. The number of imidazole rings is 1. The van der Waals surface area contributed by atoms with Crippen molar-refractivity contribution in [1.82, 2.24) is 4.57 Å². The van der Waals surface area contributed by atoms with E-state index in [1.807, 2.05) is 0 Å². The molecule has 0 radical (unpaired) electrons. The second kappa shape index (κ2) is 17.6. The van der Waals surface area contributed by atoms with Crippen LogP contribution in [0.5, 0.6) is 0 Å². The molecular formula is C24H47N2+. The zero-order valence-electron chi connectivity index (χ0n) is 18.1.